The molecule has 1 amide bonds. The highest BCUT2D eigenvalue weighted by Gasteiger charge is 2.27. The predicted octanol–water partition coefficient (Wildman–Crippen LogP) is 5.10. The molecule has 3 aromatic rings. The van der Waals surface area contributed by atoms with Crippen molar-refractivity contribution in [1.29, 1.82) is 0 Å². The zero-order valence-electron chi connectivity index (χ0n) is 18.8. The number of carbonyl (C=O) groups is 1. The number of aryl methyl sites for hydroxylation is 1. The van der Waals surface area contributed by atoms with Gasteiger partial charge in [-0.2, -0.15) is 0 Å². The summed E-state index contributed by atoms with van der Waals surface area (Å²) >= 11 is 1.74. The molecule has 4 rings (SSSR count). The van der Waals surface area contributed by atoms with Crippen molar-refractivity contribution in [3.05, 3.63) is 53.6 Å². The van der Waals surface area contributed by atoms with Crippen LogP contribution in [0.3, 0.4) is 0 Å². The predicted molar refractivity (Wildman–Crippen MR) is 128 cm³/mol. The highest BCUT2D eigenvalue weighted by molar-refractivity contribution is 7.22. The molecular weight excluding hydrogens is 406 g/mol. The molecule has 1 aliphatic heterocycles. The number of piperazine rings is 1. The monoisotopic (exact) mass is 437 g/mol. The maximum absolute atomic E-state index is 12.9. The Morgan fingerprint density at radius 1 is 1.06 bits per heavy atom. The maximum atomic E-state index is 12.9. The van der Waals surface area contributed by atoms with Crippen LogP contribution in [0.4, 0.5) is 5.13 Å². The first kappa shape index (κ1) is 21.6. The van der Waals surface area contributed by atoms with Crippen LogP contribution >= 0.6 is 11.3 Å². The second kappa shape index (κ2) is 9.27. The van der Waals surface area contributed by atoms with Gasteiger partial charge >= 0.3 is 0 Å². The van der Waals surface area contributed by atoms with Crippen LogP contribution in [0.5, 0.6) is 5.75 Å². The fourth-order valence-corrected chi connectivity index (χ4v) is 4.95. The summed E-state index contributed by atoms with van der Waals surface area (Å²) in [6, 6.07) is 14.5. The van der Waals surface area contributed by atoms with E-state index in [1.54, 1.807) is 11.3 Å². The number of thiazole rings is 1. The highest BCUT2D eigenvalue weighted by atomic mass is 32.1. The van der Waals surface area contributed by atoms with E-state index in [-0.39, 0.29) is 5.91 Å². The number of hydrogen-bond acceptors (Lipinski definition) is 5. The molecule has 2 heterocycles. The zero-order valence-corrected chi connectivity index (χ0v) is 19.6. The number of ether oxygens (including phenoxy) is 1. The Morgan fingerprint density at radius 3 is 2.42 bits per heavy atom. The lowest BCUT2D eigenvalue weighted by Crippen LogP contribution is -2.52. The number of fused-ring (bicyclic) bond motifs is 1. The number of benzene rings is 2. The first-order valence-electron chi connectivity index (χ1n) is 11.1. The Morgan fingerprint density at radius 2 is 1.77 bits per heavy atom. The van der Waals surface area contributed by atoms with Gasteiger partial charge in [-0.1, -0.05) is 50.3 Å². The highest BCUT2D eigenvalue weighted by Crippen LogP contribution is 2.30. The van der Waals surface area contributed by atoms with Crippen molar-refractivity contribution in [2.24, 2.45) is 0 Å². The maximum Gasteiger partial charge on any atom is 0.263 e. The number of rotatable bonds is 6. The summed E-state index contributed by atoms with van der Waals surface area (Å²) in [6.07, 6.45) is 0.540. The first-order valence-corrected chi connectivity index (χ1v) is 12.0. The smallest absolute Gasteiger partial charge is 0.263 e. The lowest BCUT2D eigenvalue weighted by Gasteiger charge is -2.35. The Hall–Kier alpha value is -2.60. The molecule has 1 atom stereocenters. The van der Waals surface area contributed by atoms with E-state index in [1.807, 2.05) is 24.0 Å². The topological polar surface area (TPSA) is 45.7 Å². The lowest BCUT2D eigenvalue weighted by atomic mass is 10.0. The van der Waals surface area contributed by atoms with Crippen molar-refractivity contribution in [3.63, 3.8) is 0 Å². The fraction of sp³-hybridized carbons (Fsp3) is 0.440. The SMILES string of the molecule is CCc1ccc2nc(N3CCN(C(=O)C(C)Oc4ccc(C(C)C)cc4)CC3)sc2c1. The van der Waals surface area contributed by atoms with Crippen LogP contribution in [0.15, 0.2) is 42.5 Å². The molecule has 0 N–H and O–H groups in total. The molecule has 5 nitrogen and oxygen atoms in total. The molecular formula is C25H31N3O2S. The van der Waals surface area contributed by atoms with Crippen LogP contribution in [0.25, 0.3) is 10.2 Å². The summed E-state index contributed by atoms with van der Waals surface area (Å²) < 4.78 is 7.16. The van der Waals surface area contributed by atoms with Gasteiger partial charge in [0.1, 0.15) is 5.75 Å². The number of anilines is 1. The number of amides is 1. The second-order valence-corrected chi connectivity index (χ2v) is 9.46. The minimum absolute atomic E-state index is 0.0458. The molecule has 1 aliphatic rings. The molecule has 164 valence electrons. The van der Waals surface area contributed by atoms with Gasteiger partial charge in [0.05, 0.1) is 10.2 Å². The van der Waals surface area contributed by atoms with E-state index >= 15 is 0 Å². The average Bonchev–Trinajstić information content (AvgIpc) is 3.22. The van der Waals surface area contributed by atoms with Gasteiger partial charge in [0, 0.05) is 26.2 Å². The van der Waals surface area contributed by atoms with Crippen molar-refractivity contribution in [2.45, 2.75) is 46.1 Å². The minimum atomic E-state index is -0.494. The Bertz CT molecular complexity index is 1040. The van der Waals surface area contributed by atoms with Gasteiger partial charge in [-0.3, -0.25) is 4.79 Å². The average molecular weight is 438 g/mol. The van der Waals surface area contributed by atoms with Gasteiger partial charge in [-0.25, -0.2) is 4.98 Å². The van der Waals surface area contributed by atoms with Crippen molar-refractivity contribution >= 4 is 32.6 Å². The number of nitrogens with zero attached hydrogens (tertiary/aromatic N) is 3. The third kappa shape index (κ3) is 4.85. The third-order valence-corrected chi connectivity index (χ3v) is 7.00. The largest absolute Gasteiger partial charge is 0.481 e. The van der Waals surface area contributed by atoms with E-state index in [0.29, 0.717) is 19.0 Å². The fourth-order valence-electron chi connectivity index (χ4n) is 3.87. The Balaban J connectivity index is 1.34. The first-order chi connectivity index (χ1) is 14.9. The van der Waals surface area contributed by atoms with Crippen LogP contribution in [-0.2, 0) is 11.2 Å². The third-order valence-electron chi connectivity index (χ3n) is 5.92. The summed E-state index contributed by atoms with van der Waals surface area (Å²) in [4.78, 5) is 21.9. The molecule has 0 saturated carbocycles. The van der Waals surface area contributed by atoms with E-state index in [4.69, 9.17) is 9.72 Å². The van der Waals surface area contributed by atoms with E-state index in [0.717, 1.165) is 35.9 Å². The van der Waals surface area contributed by atoms with Crippen molar-refractivity contribution in [1.82, 2.24) is 9.88 Å². The molecule has 0 bridgehead atoms. The molecule has 1 aromatic heterocycles. The molecule has 0 aliphatic carbocycles. The molecule has 1 saturated heterocycles. The number of carbonyl (C=O) groups excluding carboxylic acids is 1. The Labute approximate surface area is 188 Å². The summed E-state index contributed by atoms with van der Waals surface area (Å²) in [5, 5.41) is 1.05. The molecule has 1 unspecified atom stereocenters. The van der Waals surface area contributed by atoms with Crippen molar-refractivity contribution in [3.8, 4) is 5.75 Å². The van der Waals surface area contributed by atoms with Gasteiger partial charge < -0.3 is 14.5 Å². The summed E-state index contributed by atoms with van der Waals surface area (Å²) in [5.41, 5.74) is 3.66. The molecule has 0 spiro atoms. The quantitative estimate of drug-likeness (QED) is 0.538. The van der Waals surface area contributed by atoms with E-state index in [2.05, 4.69) is 56.0 Å². The van der Waals surface area contributed by atoms with Crippen LogP contribution in [0, 0.1) is 0 Å². The van der Waals surface area contributed by atoms with Crippen LogP contribution in [0.1, 0.15) is 44.7 Å². The van der Waals surface area contributed by atoms with Crippen LogP contribution < -0.4 is 9.64 Å². The zero-order chi connectivity index (χ0) is 22.0. The summed E-state index contributed by atoms with van der Waals surface area (Å²) in [7, 11) is 0. The normalized spacial score (nSPS) is 15.5. The number of hydrogen-bond donors (Lipinski definition) is 0. The van der Waals surface area contributed by atoms with Crippen molar-refractivity contribution in [2.75, 3.05) is 31.1 Å². The summed E-state index contributed by atoms with van der Waals surface area (Å²) in [6.45, 7) is 11.3. The van der Waals surface area contributed by atoms with Gasteiger partial charge in [0.2, 0.25) is 0 Å². The summed E-state index contributed by atoms with van der Waals surface area (Å²) in [5.74, 6) is 1.27. The van der Waals surface area contributed by atoms with Gasteiger partial charge in [0.15, 0.2) is 11.2 Å². The Kier molecular flexibility index (Phi) is 6.46. The minimum Gasteiger partial charge on any atom is -0.481 e. The standard InChI is InChI=1S/C25H31N3O2S/c1-5-19-6-11-22-23(16-19)31-25(26-22)28-14-12-27(13-15-28)24(29)18(4)30-21-9-7-20(8-10-21)17(2)3/h6-11,16-18H,5,12-15H2,1-4H3. The molecule has 1 fully saturated rings. The van der Waals surface area contributed by atoms with Gasteiger partial charge in [0.25, 0.3) is 5.91 Å². The molecule has 6 heteroatoms. The van der Waals surface area contributed by atoms with Crippen LogP contribution in [-0.4, -0.2) is 48.1 Å². The van der Waals surface area contributed by atoms with Gasteiger partial charge in [-0.15, -0.1) is 0 Å². The lowest BCUT2D eigenvalue weighted by molar-refractivity contribution is -0.138. The molecule has 31 heavy (non-hydrogen) atoms. The van der Waals surface area contributed by atoms with Gasteiger partial charge in [-0.05, 0) is 54.7 Å². The van der Waals surface area contributed by atoms with E-state index in [1.165, 1.54) is 15.8 Å². The van der Waals surface area contributed by atoms with Crippen LogP contribution in [0.2, 0.25) is 0 Å². The van der Waals surface area contributed by atoms with E-state index in [9.17, 15) is 4.79 Å². The number of aromatic nitrogens is 1. The van der Waals surface area contributed by atoms with Crippen molar-refractivity contribution < 1.29 is 9.53 Å². The molecule has 2 aromatic carbocycles. The molecule has 0 radical (unpaired) electrons. The van der Waals surface area contributed by atoms with E-state index < -0.39 is 6.10 Å². The second-order valence-electron chi connectivity index (χ2n) is 8.45.